The van der Waals surface area contributed by atoms with Crippen LogP contribution >= 0.6 is 11.6 Å². The largest absolute Gasteiger partial charge is 0.473 e. The highest BCUT2D eigenvalue weighted by atomic mass is 35.5. The Labute approximate surface area is 157 Å². The van der Waals surface area contributed by atoms with Crippen LogP contribution in [0.2, 0.25) is 5.02 Å². The lowest BCUT2D eigenvalue weighted by Gasteiger charge is -2.36. The molecule has 0 aromatic heterocycles. The van der Waals surface area contributed by atoms with Gasteiger partial charge >= 0.3 is 11.9 Å². The summed E-state index contributed by atoms with van der Waals surface area (Å²) in [6, 6.07) is 18.8. The standard InChI is InChI=1S/C17H19ClN2.C2H2O4/c18-16-8-6-15(7-9-16)14-19-10-12-20(13-11-19)17-4-2-1-3-5-17;3-1(4)2(5)6/h1-9H,10-14H2;(H,3,4)(H,5,6). The molecule has 0 saturated carbocycles. The van der Waals surface area contributed by atoms with Crippen LogP contribution in [0.5, 0.6) is 0 Å². The number of piperazine rings is 1. The Balaban J connectivity index is 0.000000352. The lowest BCUT2D eigenvalue weighted by atomic mass is 10.2. The van der Waals surface area contributed by atoms with E-state index in [1.165, 1.54) is 11.3 Å². The quantitative estimate of drug-likeness (QED) is 0.802. The summed E-state index contributed by atoms with van der Waals surface area (Å²) in [4.78, 5) is 23.2. The molecule has 2 N–H and O–H groups in total. The maximum atomic E-state index is 9.10. The van der Waals surface area contributed by atoms with Gasteiger partial charge in [0.1, 0.15) is 0 Å². The number of benzene rings is 2. The molecule has 2 aromatic carbocycles. The minimum Gasteiger partial charge on any atom is -0.473 e. The number of carbonyl (C=O) groups is 2. The third-order valence-corrected chi connectivity index (χ3v) is 4.25. The first-order valence-corrected chi connectivity index (χ1v) is 8.56. The van der Waals surface area contributed by atoms with Crippen LogP contribution in [0.25, 0.3) is 0 Å². The van der Waals surface area contributed by atoms with Crippen molar-refractivity contribution >= 4 is 29.2 Å². The fraction of sp³-hybridized carbons (Fsp3) is 0.263. The molecular formula is C19H21ClN2O4. The third-order valence-electron chi connectivity index (χ3n) is 4.00. The summed E-state index contributed by atoms with van der Waals surface area (Å²) in [5, 5.41) is 15.6. The number of hydrogen-bond donors (Lipinski definition) is 2. The molecule has 1 saturated heterocycles. The first kappa shape index (κ1) is 19.8. The van der Waals surface area contributed by atoms with Gasteiger partial charge in [-0.15, -0.1) is 0 Å². The minimum atomic E-state index is -1.82. The van der Waals surface area contributed by atoms with Crippen LogP contribution in [0.15, 0.2) is 54.6 Å². The van der Waals surface area contributed by atoms with Crippen molar-refractivity contribution in [3.05, 3.63) is 65.2 Å². The van der Waals surface area contributed by atoms with E-state index in [0.29, 0.717) is 0 Å². The summed E-state index contributed by atoms with van der Waals surface area (Å²) in [7, 11) is 0. The van der Waals surface area contributed by atoms with Crippen molar-refractivity contribution < 1.29 is 19.8 Å². The van der Waals surface area contributed by atoms with Gasteiger partial charge in [0.05, 0.1) is 0 Å². The van der Waals surface area contributed by atoms with Gasteiger partial charge in [0.25, 0.3) is 0 Å². The van der Waals surface area contributed by atoms with Crippen molar-refractivity contribution in [1.29, 1.82) is 0 Å². The van der Waals surface area contributed by atoms with Crippen LogP contribution in [-0.2, 0) is 16.1 Å². The average Bonchev–Trinajstić information content (AvgIpc) is 2.65. The van der Waals surface area contributed by atoms with Crippen LogP contribution in [0, 0.1) is 0 Å². The molecule has 0 bridgehead atoms. The van der Waals surface area contributed by atoms with Crippen LogP contribution in [0.3, 0.4) is 0 Å². The number of hydrogen-bond acceptors (Lipinski definition) is 4. The minimum absolute atomic E-state index is 0.808. The van der Waals surface area contributed by atoms with E-state index in [-0.39, 0.29) is 0 Å². The Bertz CT molecular complexity index is 702. The van der Waals surface area contributed by atoms with Crippen LogP contribution in [-0.4, -0.2) is 53.2 Å². The predicted octanol–water partition coefficient (Wildman–Crippen LogP) is 2.82. The van der Waals surface area contributed by atoms with Gasteiger partial charge < -0.3 is 15.1 Å². The fourth-order valence-corrected chi connectivity index (χ4v) is 2.78. The van der Waals surface area contributed by atoms with E-state index >= 15 is 0 Å². The van der Waals surface area contributed by atoms with Crippen molar-refractivity contribution in [1.82, 2.24) is 4.90 Å². The molecular weight excluding hydrogens is 356 g/mol. The highest BCUT2D eigenvalue weighted by Gasteiger charge is 2.16. The molecule has 1 heterocycles. The number of carboxylic acids is 2. The second-order valence-electron chi connectivity index (χ2n) is 5.84. The zero-order valence-corrected chi connectivity index (χ0v) is 15.0. The summed E-state index contributed by atoms with van der Waals surface area (Å²) in [5.41, 5.74) is 2.67. The van der Waals surface area contributed by atoms with Crippen molar-refractivity contribution in [3.63, 3.8) is 0 Å². The van der Waals surface area contributed by atoms with Crippen molar-refractivity contribution in [3.8, 4) is 0 Å². The number of halogens is 1. The van der Waals surface area contributed by atoms with Crippen LogP contribution in [0.1, 0.15) is 5.56 Å². The zero-order valence-electron chi connectivity index (χ0n) is 14.2. The SMILES string of the molecule is Clc1ccc(CN2CCN(c3ccccc3)CC2)cc1.O=C(O)C(=O)O. The van der Waals surface area contributed by atoms with E-state index in [1.807, 2.05) is 12.1 Å². The van der Waals surface area contributed by atoms with Crippen molar-refractivity contribution in [2.24, 2.45) is 0 Å². The summed E-state index contributed by atoms with van der Waals surface area (Å²) < 4.78 is 0. The maximum absolute atomic E-state index is 9.10. The molecule has 1 fully saturated rings. The number of aliphatic carboxylic acids is 2. The molecule has 0 unspecified atom stereocenters. The summed E-state index contributed by atoms with van der Waals surface area (Å²) in [5.74, 6) is -3.65. The van der Waals surface area contributed by atoms with Crippen molar-refractivity contribution in [2.75, 3.05) is 31.1 Å². The summed E-state index contributed by atoms with van der Waals surface area (Å²) in [6.45, 7) is 5.42. The normalized spacial score (nSPS) is 14.3. The van der Waals surface area contributed by atoms with E-state index in [0.717, 1.165) is 37.7 Å². The molecule has 3 rings (SSSR count). The van der Waals surface area contributed by atoms with E-state index < -0.39 is 11.9 Å². The Hall–Kier alpha value is -2.57. The number of para-hydroxylation sites is 1. The number of anilines is 1. The summed E-state index contributed by atoms with van der Waals surface area (Å²) >= 11 is 5.92. The molecule has 7 heteroatoms. The van der Waals surface area contributed by atoms with Gasteiger partial charge in [-0.2, -0.15) is 0 Å². The van der Waals surface area contributed by atoms with Gasteiger partial charge in [-0.25, -0.2) is 9.59 Å². The Kier molecular flexibility index (Phi) is 7.44. The highest BCUT2D eigenvalue weighted by Crippen LogP contribution is 2.17. The molecule has 1 aliphatic heterocycles. The Morgan fingerprint density at radius 1 is 0.846 bits per heavy atom. The molecule has 1 aliphatic rings. The smallest absolute Gasteiger partial charge is 0.414 e. The molecule has 0 aliphatic carbocycles. The first-order chi connectivity index (χ1) is 12.5. The molecule has 0 amide bonds. The van der Waals surface area contributed by atoms with Crippen LogP contribution in [0.4, 0.5) is 5.69 Å². The lowest BCUT2D eigenvalue weighted by Crippen LogP contribution is -2.45. The predicted molar refractivity (Wildman–Crippen MR) is 101 cm³/mol. The molecule has 26 heavy (non-hydrogen) atoms. The molecule has 2 aromatic rings. The van der Waals surface area contributed by atoms with E-state index in [1.54, 1.807) is 0 Å². The monoisotopic (exact) mass is 376 g/mol. The van der Waals surface area contributed by atoms with E-state index in [9.17, 15) is 0 Å². The first-order valence-electron chi connectivity index (χ1n) is 8.18. The summed E-state index contributed by atoms with van der Waals surface area (Å²) in [6.07, 6.45) is 0. The van der Waals surface area contributed by atoms with Gasteiger partial charge in [0.2, 0.25) is 0 Å². The van der Waals surface area contributed by atoms with Gasteiger partial charge in [-0.1, -0.05) is 41.9 Å². The van der Waals surface area contributed by atoms with Crippen molar-refractivity contribution in [2.45, 2.75) is 6.54 Å². The Morgan fingerprint density at radius 3 is 1.88 bits per heavy atom. The average molecular weight is 377 g/mol. The lowest BCUT2D eigenvalue weighted by molar-refractivity contribution is -0.159. The molecule has 0 atom stereocenters. The second kappa shape index (κ2) is 9.79. The molecule has 0 radical (unpaired) electrons. The zero-order chi connectivity index (χ0) is 18.9. The van der Waals surface area contributed by atoms with Gasteiger partial charge in [-0.05, 0) is 29.8 Å². The van der Waals surface area contributed by atoms with Gasteiger partial charge in [0, 0.05) is 43.4 Å². The maximum Gasteiger partial charge on any atom is 0.414 e. The topological polar surface area (TPSA) is 81.1 Å². The van der Waals surface area contributed by atoms with Gasteiger partial charge in [-0.3, -0.25) is 4.90 Å². The highest BCUT2D eigenvalue weighted by molar-refractivity contribution is 6.30. The number of nitrogens with zero attached hydrogens (tertiary/aromatic N) is 2. The third kappa shape index (κ3) is 6.38. The number of rotatable bonds is 3. The van der Waals surface area contributed by atoms with Gasteiger partial charge in [0.15, 0.2) is 0 Å². The molecule has 0 spiro atoms. The second-order valence-corrected chi connectivity index (χ2v) is 6.27. The van der Waals surface area contributed by atoms with E-state index in [4.69, 9.17) is 31.4 Å². The molecule has 138 valence electrons. The fourth-order valence-electron chi connectivity index (χ4n) is 2.65. The molecule has 6 nitrogen and oxygen atoms in total. The Morgan fingerprint density at radius 2 is 1.38 bits per heavy atom. The van der Waals surface area contributed by atoms with Crippen LogP contribution < -0.4 is 4.90 Å². The van der Waals surface area contributed by atoms with E-state index in [2.05, 4.69) is 52.3 Å². The number of carboxylic acid groups (broad SMARTS) is 2.